The molecule has 2 amide bonds. The molecule has 0 bridgehead atoms. The Morgan fingerprint density at radius 1 is 0.938 bits per heavy atom. The molecule has 32 heavy (non-hydrogen) atoms. The van der Waals surface area contributed by atoms with Crippen molar-refractivity contribution in [2.75, 3.05) is 50.8 Å². The summed E-state index contributed by atoms with van der Waals surface area (Å²) in [5, 5.41) is 20.2. The van der Waals surface area contributed by atoms with Crippen LogP contribution in [0.1, 0.15) is 13.3 Å². The molecule has 3 aliphatic rings. The van der Waals surface area contributed by atoms with E-state index in [1.54, 1.807) is 0 Å². The van der Waals surface area contributed by atoms with Gasteiger partial charge in [-0.2, -0.15) is 0 Å². The van der Waals surface area contributed by atoms with Crippen LogP contribution in [0.25, 0.3) is 0 Å². The molecular weight excluding hydrogens is 434 g/mol. The van der Waals surface area contributed by atoms with Crippen LogP contribution in [0.2, 0.25) is 0 Å². The highest BCUT2D eigenvalue weighted by Crippen LogP contribution is 2.35. The molecule has 2 N–H and O–H groups in total. The topological polar surface area (TPSA) is 93.6 Å². The van der Waals surface area contributed by atoms with Gasteiger partial charge in [0.1, 0.15) is 5.75 Å². The Balaban J connectivity index is 0.00000289. The lowest BCUT2D eigenvalue weighted by Gasteiger charge is -2.36. The summed E-state index contributed by atoms with van der Waals surface area (Å²) in [6.45, 7) is 7.30. The predicted molar refractivity (Wildman–Crippen MR) is 123 cm³/mol. The van der Waals surface area contributed by atoms with Crippen LogP contribution in [0, 0.1) is 11.8 Å². The Morgan fingerprint density at radius 2 is 1.53 bits per heavy atom. The first-order chi connectivity index (χ1) is 15.0. The van der Waals surface area contributed by atoms with Crippen molar-refractivity contribution in [2.45, 2.75) is 25.6 Å². The van der Waals surface area contributed by atoms with E-state index in [1.165, 1.54) is 17.1 Å². The highest BCUT2D eigenvalue weighted by Gasteiger charge is 2.53. The number of carbonyl (C=O) groups excluding carboxylic acids is 2. The molecule has 2 aliphatic heterocycles. The van der Waals surface area contributed by atoms with Crippen LogP contribution in [-0.2, 0) is 9.59 Å². The molecular formula is C23H32ClN3O5. The number of carbonyl (C=O) groups is 2. The summed E-state index contributed by atoms with van der Waals surface area (Å²) in [6, 6.07) is 8.09. The van der Waals surface area contributed by atoms with Gasteiger partial charge in [-0.15, -0.1) is 12.4 Å². The number of fused-ring (bicyclic) bond motifs is 1. The number of amides is 2. The fourth-order valence-corrected chi connectivity index (χ4v) is 4.84. The van der Waals surface area contributed by atoms with Gasteiger partial charge in [-0.3, -0.25) is 19.4 Å². The molecule has 1 aromatic carbocycles. The first-order valence-corrected chi connectivity index (χ1v) is 11.1. The van der Waals surface area contributed by atoms with E-state index in [-0.39, 0.29) is 24.2 Å². The van der Waals surface area contributed by atoms with Crippen LogP contribution in [0.15, 0.2) is 36.4 Å². The molecule has 1 aliphatic carbocycles. The highest BCUT2D eigenvalue weighted by molar-refractivity contribution is 6.06. The van der Waals surface area contributed by atoms with Gasteiger partial charge in [0.25, 0.3) is 0 Å². The summed E-state index contributed by atoms with van der Waals surface area (Å²) >= 11 is 0. The molecule has 2 fully saturated rings. The number of hydrogen-bond donors (Lipinski definition) is 2. The van der Waals surface area contributed by atoms with Crippen molar-refractivity contribution >= 4 is 29.9 Å². The molecule has 0 aromatic heterocycles. The minimum absolute atomic E-state index is 0. The second-order valence-corrected chi connectivity index (χ2v) is 8.33. The van der Waals surface area contributed by atoms with Crippen molar-refractivity contribution in [1.82, 2.24) is 9.80 Å². The van der Waals surface area contributed by atoms with E-state index in [4.69, 9.17) is 4.74 Å². The monoisotopic (exact) mass is 465 g/mol. The van der Waals surface area contributed by atoms with Crippen molar-refractivity contribution in [2.24, 2.45) is 11.8 Å². The van der Waals surface area contributed by atoms with Crippen LogP contribution in [0.3, 0.4) is 0 Å². The molecule has 4 unspecified atom stereocenters. The smallest absolute Gasteiger partial charge is 0.236 e. The number of para-hydroxylation sites is 2. The third-order valence-electron chi connectivity index (χ3n) is 6.46. The van der Waals surface area contributed by atoms with Crippen LogP contribution in [-0.4, -0.2) is 89.9 Å². The molecule has 2 saturated heterocycles. The van der Waals surface area contributed by atoms with Gasteiger partial charge in [0.2, 0.25) is 11.8 Å². The third kappa shape index (κ3) is 4.78. The lowest BCUT2D eigenvalue weighted by molar-refractivity contribution is -0.140. The number of halogens is 1. The van der Waals surface area contributed by atoms with E-state index < -0.39 is 24.0 Å². The Bertz CT molecular complexity index is 813. The fraction of sp³-hybridized carbons (Fsp3) is 0.565. The number of piperazine rings is 1. The number of rotatable bonds is 7. The molecule has 0 spiro atoms. The lowest BCUT2D eigenvalue weighted by Crippen LogP contribution is -2.47. The van der Waals surface area contributed by atoms with E-state index in [1.807, 2.05) is 25.1 Å². The van der Waals surface area contributed by atoms with Gasteiger partial charge in [0.05, 0.1) is 36.3 Å². The number of nitrogens with zero attached hydrogens (tertiary/aromatic N) is 3. The summed E-state index contributed by atoms with van der Waals surface area (Å²) in [6.07, 6.45) is 1.46. The Hall–Kier alpha value is -2.13. The first-order valence-electron chi connectivity index (χ1n) is 11.1. The normalized spacial score (nSPS) is 28.0. The lowest BCUT2D eigenvalue weighted by atomic mass is 9.81. The fourth-order valence-electron chi connectivity index (χ4n) is 4.84. The van der Waals surface area contributed by atoms with Gasteiger partial charge in [-0.25, -0.2) is 0 Å². The summed E-state index contributed by atoms with van der Waals surface area (Å²) < 4.78 is 5.75. The van der Waals surface area contributed by atoms with Crippen LogP contribution >= 0.6 is 12.4 Å². The van der Waals surface area contributed by atoms with E-state index >= 15 is 0 Å². The quantitative estimate of drug-likeness (QED) is 0.456. The number of imide groups is 1. The molecule has 0 saturated carbocycles. The zero-order chi connectivity index (χ0) is 22.0. The third-order valence-corrected chi connectivity index (χ3v) is 6.46. The maximum absolute atomic E-state index is 12.6. The second-order valence-electron chi connectivity index (χ2n) is 8.33. The molecule has 4 atom stereocenters. The Kier molecular flexibility index (Phi) is 8.16. The first kappa shape index (κ1) is 24.5. The number of benzene rings is 1. The minimum atomic E-state index is -1.01. The van der Waals surface area contributed by atoms with Crippen LogP contribution in [0.4, 0.5) is 5.69 Å². The standard InChI is InChI=1S/C23H31N3O5.ClH/c1-2-31-19-7-4-3-6-16(19)25-14-12-24(13-15-25)10-5-11-26-22(29)20-17(27)8-9-18(28)21(20)23(26)30;/h3-4,6-9,17-18,20-21,27-28H,2,5,10-15H2,1H3;1H. The number of likely N-dealkylation sites (tertiary alicyclic amines) is 1. The molecule has 176 valence electrons. The number of aliphatic hydroxyl groups is 2. The number of aliphatic hydroxyl groups excluding tert-OH is 2. The maximum atomic E-state index is 12.6. The van der Waals surface area contributed by atoms with Crippen LogP contribution in [0.5, 0.6) is 5.75 Å². The molecule has 8 nitrogen and oxygen atoms in total. The molecule has 1 aromatic rings. The molecule has 2 heterocycles. The van der Waals surface area contributed by atoms with Gasteiger partial charge in [0, 0.05) is 32.7 Å². The summed E-state index contributed by atoms with van der Waals surface area (Å²) in [4.78, 5) is 31.2. The van der Waals surface area contributed by atoms with Crippen molar-refractivity contribution in [1.29, 1.82) is 0 Å². The zero-order valence-corrected chi connectivity index (χ0v) is 19.1. The van der Waals surface area contributed by atoms with Gasteiger partial charge in [-0.05, 0) is 32.0 Å². The number of anilines is 1. The number of hydrogen-bond acceptors (Lipinski definition) is 7. The molecule has 0 radical (unpaired) electrons. The molecule has 4 rings (SSSR count). The van der Waals surface area contributed by atoms with E-state index in [2.05, 4.69) is 15.9 Å². The predicted octanol–water partition coefficient (Wildman–Crippen LogP) is 0.912. The van der Waals surface area contributed by atoms with Crippen molar-refractivity contribution in [3.8, 4) is 5.75 Å². The Morgan fingerprint density at radius 3 is 2.12 bits per heavy atom. The van der Waals surface area contributed by atoms with E-state index in [9.17, 15) is 19.8 Å². The largest absolute Gasteiger partial charge is 0.492 e. The minimum Gasteiger partial charge on any atom is -0.492 e. The van der Waals surface area contributed by atoms with Crippen molar-refractivity contribution in [3.63, 3.8) is 0 Å². The van der Waals surface area contributed by atoms with Crippen LogP contribution < -0.4 is 9.64 Å². The van der Waals surface area contributed by atoms with Gasteiger partial charge in [0.15, 0.2) is 0 Å². The van der Waals surface area contributed by atoms with Crippen molar-refractivity contribution in [3.05, 3.63) is 36.4 Å². The second kappa shape index (κ2) is 10.7. The summed E-state index contributed by atoms with van der Waals surface area (Å²) in [5.74, 6) is -1.56. The SMILES string of the molecule is CCOc1ccccc1N1CCN(CCCN2C(=O)C3C(O)C=CC(O)C3C2=O)CC1.Cl. The highest BCUT2D eigenvalue weighted by atomic mass is 35.5. The van der Waals surface area contributed by atoms with E-state index in [0.29, 0.717) is 19.6 Å². The average Bonchev–Trinajstić information content (AvgIpc) is 3.03. The van der Waals surface area contributed by atoms with Gasteiger partial charge >= 0.3 is 0 Å². The Labute approximate surface area is 194 Å². The molecule has 9 heteroatoms. The van der Waals surface area contributed by atoms with Crippen molar-refractivity contribution < 1.29 is 24.5 Å². The summed E-state index contributed by atoms with van der Waals surface area (Å²) in [7, 11) is 0. The average molecular weight is 466 g/mol. The number of ether oxygens (including phenoxy) is 1. The van der Waals surface area contributed by atoms with Gasteiger partial charge in [-0.1, -0.05) is 24.3 Å². The van der Waals surface area contributed by atoms with Gasteiger partial charge < -0.3 is 19.8 Å². The summed E-state index contributed by atoms with van der Waals surface area (Å²) in [5.41, 5.74) is 1.12. The zero-order valence-electron chi connectivity index (χ0n) is 18.3. The maximum Gasteiger partial charge on any atom is 0.236 e. The van der Waals surface area contributed by atoms with E-state index in [0.717, 1.165) is 44.2 Å².